The number of carboxylic acids is 1. The van der Waals surface area contributed by atoms with E-state index in [9.17, 15) is 39.6 Å². The van der Waals surface area contributed by atoms with Crippen LogP contribution < -0.4 is 20.1 Å². The molecule has 0 spiro atoms. The summed E-state index contributed by atoms with van der Waals surface area (Å²) in [4.78, 5) is 53.0. The van der Waals surface area contributed by atoms with Gasteiger partial charge in [0.15, 0.2) is 11.9 Å². The highest BCUT2D eigenvalue weighted by atomic mass is 16.7. The largest absolute Gasteiger partial charge is 0.488 e. The van der Waals surface area contributed by atoms with Gasteiger partial charge in [0.2, 0.25) is 18.1 Å². The highest BCUT2D eigenvalue weighted by Crippen LogP contribution is 2.34. The highest BCUT2D eigenvalue weighted by Gasteiger charge is 2.48. The molecule has 0 radical (unpaired) electrons. The van der Waals surface area contributed by atoms with Crippen molar-refractivity contribution < 1.29 is 72.5 Å². The van der Waals surface area contributed by atoms with Gasteiger partial charge in [0, 0.05) is 47.9 Å². The second-order valence-corrected chi connectivity index (χ2v) is 17.6. The molecule has 22 nitrogen and oxygen atoms in total. The average molecular weight is 1000 g/mol. The lowest BCUT2D eigenvalue weighted by molar-refractivity contribution is -0.945. The van der Waals surface area contributed by atoms with E-state index in [1.807, 2.05) is 48.5 Å². The number of aliphatic hydroxyl groups excluding tert-OH is 3. The molecule has 0 unspecified atom stereocenters. The Hall–Kier alpha value is -6.37. The summed E-state index contributed by atoms with van der Waals surface area (Å²) in [7, 11) is 0. The van der Waals surface area contributed by atoms with E-state index in [0.717, 1.165) is 65.6 Å². The normalized spacial score (nSPS) is 19.5. The number of hydrogen-bond donors (Lipinski definition) is 8. The molecule has 72 heavy (non-hydrogen) atoms. The maximum Gasteiger partial charge on any atom is 0.335 e. The minimum absolute atomic E-state index is 0. The Kier molecular flexibility index (Phi) is 20.5. The molecule has 0 aliphatic carbocycles. The summed E-state index contributed by atoms with van der Waals surface area (Å²) in [6, 6.07) is 18.8. The van der Waals surface area contributed by atoms with E-state index in [1.165, 1.54) is 13.3 Å². The molecule has 8 N–H and O–H groups in total. The maximum absolute atomic E-state index is 13.4. The fraction of sp³-hybridized carbons (Fsp3) is 0.480. The fourth-order valence-corrected chi connectivity index (χ4v) is 8.54. The first-order valence-corrected chi connectivity index (χ1v) is 23.8. The van der Waals surface area contributed by atoms with Gasteiger partial charge in [-0.1, -0.05) is 12.1 Å². The van der Waals surface area contributed by atoms with Gasteiger partial charge in [-0.15, -0.1) is 0 Å². The molecule has 390 valence electrons. The number of H-pyrrole nitrogens is 2. The van der Waals surface area contributed by atoms with Crippen molar-refractivity contribution in [2.24, 2.45) is 0 Å². The Morgan fingerprint density at radius 2 is 1.54 bits per heavy atom. The van der Waals surface area contributed by atoms with E-state index in [-0.39, 0.29) is 63.2 Å². The molecule has 2 aliphatic heterocycles. The van der Waals surface area contributed by atoms with Crippen molar-refractivity contribution in [3.8, 4) is 34.1 Å². The number of quaternary nitrogens is 1. The van der Waals surface area contributed by atoms with Gasteiger partial charge < -0.3 is 71.4 Å². The second-order valence-electron chi connectivity index (χ2n) is 17.6. The zero-order valence-corrected chi connectivity index (χ0v) is 40.6. The fourth-order valence-electron chi connectivity index (χ4n) is 8.54. The molecular formula is C50H66N8O14. The van der Waals surface area contributed by atoms with Gasteiger partial charge in [0.05, 0.1) is 63.9 Å². The van der Waals surface area contributed by atoms with Gasteiger partial charge in [0.1, 0.15) is 67.3 Å². The van der Waals surface area contributed by atoms with Crippen LogP contribution in [0.25, 0.3) is 33.5 Å². The summed E-state index contributed by atoms with van der Waals surface area (Å²) in [5, 5.41) is 62.2. The number of amides is 2. The number of hydrogen-bond acceptors (Lipinski definition) is 16. The predicted molar refractivity (Wildman–Crippen MR) is 261 cm³/mol. The Labute approximate surface area is 416 Å². The minimum Gasteiger partial charge on any atom is -0.488 e. The van der Waals surface area contributed by atoms with E-state index in [4.69, 9.17) is 28.4 Å². The molecule has 22 heteroatoms. The summed E-state index contributed by atoms with van der Waals surface area (Å²) in [6.45, 7) is 6.71. The van der Waals surface area contributed by atoms with Crippen LogP contribution in [-0.4, -0.2) is 177 Å². The van der Waals surface area contributed by atoms with E-state index in [2.05, 4.69) is 36.0 Å². The van der Waals surface area contributed by atoms with Gasteiger partial charge in [-0.3, -0.25) is 24.6 Å². The molecule has 5 atom stereocenters. The Morgan fingerprint density at radius 1 is 0.792 bits per heavy atom. The predicted octanol–water partition coefficient (Wildman–Crippen LogP) is 3.18. The lowest BCUT2D eigenvalue weighted by atomic mass is 9.99. The van der Waals surface area contributed by atoms with Gasteiger partial charge >= 0.3 is 5.97 Å². The number of aromatic amines is 2. The third-order valence-electron chi connectivity index (χ3n) is 12.3. The number of carbonyl (C=O) groups is 4. The SMILES string of the molecule is CC(=O)CCOCCOCCOCCC(=O)NCCC(=O)Nc1cc(C[N+]2(CCOc3cccc(-c4n[nH]c5ccc(-c6ncn[nH]6)cc45)c3)CCCCC2)ccc1O[C@@H]1O[C@H](C(=O)O)[C@@H](O)[C@H](O)[C@H]1O.[CH3-]. The molecule has 7 rings (SSSR count). The van der Waals surface area contributed by atoms with Crippen molar-refractivity contribution in [2.75, 3.05) is 77.7 Å². The first-order valence-electron chi connectivity index (χ1n) is 23.8. The molecule has 2 saturated heterocycles. The van der Waals surface area contributed by atoms with Gasteiger partial charge in [0.25, 0.3) is 0 Å². The van der Waals surface area contributed by atoms with Crippen molar-refractivity contribution in [1.29, 1.82) is 0 Å². The molecule has 3 aromatic carbocycles. The monoisotopic (exact) mass is 1000 g/mol. The van der Waals surface area contributed by atoms with Gasteiger partial charge in [-0.05, 0) is 74.7 Å². The van der Waals surface area contributed by atoms with Crippen molar-refractivity contribution in [1.82, 2.24) is 30.7 Å². The number of likely N-dealkylation sites (tertiary alicyclic amines) is 1. The van der Waals surface area contributed by atoms with Crippen LogP contribution >= 0.6 is 0 Å². The number of carbonyl (C=O) groups excluding carboxylic acids is 3. The molecule has 0 bridgehead atoms. The van der Waals surface area contributed by atoms with Crippen LogP contribution in [0.1, 0.15) is 51.0 Å². The number of benzene rings is 3. The highest BCUT2D eigenvalue weighted by molar-refractivity contribution is 5.95. The molecule has 5 aromatic rings. The molecule has 2 amide bonds. The zero-order chi connectivity index (χ0) is 50.2. The Morgan fingerprint density at radius 3 is 2.26 bits per heavy atom. The van der Waals surface area contributed by atoms with Gasteiger partial charge in [-0.2, -0.15) is 10.2 Å². The number of carboxylic acid groups (broad SMARTS) is 1. The minimum atomic E-state index is -1.92. The molecule has 2 aliphatic rings. The van der Waals surface area contributed by atoms with Gasteiger partial charge in [-0.25, -0.2) is 9.78 Å². The number of piperidine rings is 1. The first kappa shape index (κ1) is 55.0. The van der Waals surface area contributed by atoms with Crippen LogP contribution in [0.15, 0.2) is 67.0 Å². The number of aliphatic carboxylic acids is 1. The molecule has 2 aromatic heterocycles. The third-order valence-corrected chi connectivity index (χ3v) is 12.3. The Balaban J connectivity index is 0.00000847. The number of nitrogens with zero attached hydrogens (tertiary/aromatic N) is 4. The van der Waals surface area contributed by atoms with Crippen LogP contribution in [0.4, 0.5) is 5.69 Å². The zero-order valence-electron chi connectivity index (χ0n) is 40.6. The van der Waals surface area contributed by atoms with Crippen molar-refractivity contribution >= 4 is 40.2 Å². The van der Waals surface area contributed by atoms with E-state index < -0.39 is 42.6 Å². The quantitative estimate of drug-likeness (QED) is 0.0213. The summed E-state index contributed by atoms with van der Waals surface area (Å²) < 4.78 is 34.7. The summed E-state index contributed by atoms with van der Waals surface area (Å²) >= 11 is 0. The number of aromatic nitrogens is 5. The topological polar surface area (TPSA) is 299 Å². The average Bonchev–Trinajstić information content (AvgIpc) is 4.06. The molecule has 2 fully saturated rings. The summed E-state index contributed by atoms with van der Waals surface area (Å²) in [5.74, 6) is -0.958. The molecule has 4 heterocycles. The maximum atomic E-state index is 13.4. The van der Waals surface area contributed by atoms with Crippen LogP contribution in [0.3, 0.4) is 0 Å². The number of nitrogens with one attached hydrogen (secondary N) is 4. The lowest BCUT2D eigenvalue weighted by Crippen LogP contribution is -2.61. The number of Topliss-reactive ketones (excluding diaryl/α,β-unsaturated/α-hetero) is 1. The lowest BCUT2D eigenvalue weighted by Gasteiger charge is -2.41. The smallest absolute Gasteiger partial charge is 0.335 e. The number of ketones is 1. The van der Waals surface area contributed by atoms with Crippen molar-refractivity contribution in [2.45, 2.75) is 82.7 Å². The summed E-state index contributed by atoms with van der Waals surface area (Å²) in [5.41, 5.74) is 4.43. The van der Waals surface area contributed by atoms with Crippen LogP contribution in [0.5, 0.6) is 11.5 Å². The molecule has 0 saturated carbocycles. The first-order chi connectivity index (χ1) is 34.4. The third kappa shape index (κ3) is 15.3. The number of fused-ring (bicyclic) bond motifs is 1. The molecular weight excluding hydrogens is 937 g/mol. The van der Waals surface area contributed by atoms with Crippen molar-refractivity contribution in [3.05, 3.63) is 80.0 Å². The van der Waals surface area contributed by atoms with E-state index in [1.54, 1.807) is 12.1 Å². The standard InChI is InChI=1S/C49H62N8O14.CH3/c1-31(58)13-19-66-22-24-68-25-23-67-20-14-40(59)50-15-12-41(60)53-38-26-32(8-11-39(38)70-49-45(63)43(61)44(62)46(71-49)48(64)65)29-57(16-3-2-4-17-57)18-21-69-35-7-5-6-33(27-35)42-36-28-34(47-51-30-52-56-47)9-10-37(36)54-55-42;/h5-11,26-28,30,43-46,49,61-63H,2-4,12-25,29H2,1H3,(H4-,50,51,52,53,54,55,56,59,60,64,65);1H3/q;-1/p+1/t43-,44-,45+,46-,49+;/m0./s1. The van der Waals surface area contributed by atoms with E-state index in [0.29, 0.717) is 68.6 Å². The summed E-state index contributed by atoms with van der Waals surface area (Å²) in [6.07, 6.45) is -4.41. The number of anilines is 1. The number of aliphatic hydroxyl groups is 3. The van der Waals surface area contributed by atoms with Crippen LogP contribution in [0.2, 0.25) is 0 Å². The second kappa shape index (κ2) is 26.9. The van der Waals surface area contributed by atoms with Crippen LogP contribution in [-0.2, 0) is 44.7 Å². The van der Waals surface area contributed by atoms with Crippen molar-refractivity contribution in [3.63, 3.8) is 0 Å². The Bertz CT molecular complexity index is 2530. The number of rotatable bonds is 27. The van der Waals surface area contributed by atoms with E-state index >= 15 is 0 Å². The number of ether oxygens (including phenoxy) is 6. The van der Waals surface area contributed by atoms with Crippen LogP contribution in [0, 0.1) is 7.43 Å².